The lowest BCUT2D eigenvalue weighted by atomic mass is 10.0. The van der Waals surface area contributed by atoms with Crippen LogP contribution in [-0.4, -0.2) is 73.4 Å². The number of piperazine rings is 1. The number of thiazole rings is 1. The first-order chi connectivity index (χ1) is 15.2. The summed E-state index contributed by atoms with van der Waals surface area (Å²) in [4.78, 5) is 21.8. The molecular weight excluding hydrogens is 412 g/mol. The summed E-state index contributed by atoms with van der Waals surface area (Å²) >= 11 is 1.45. The highest BCUT2D eigenvalue weighted by atomic mass is 32.1. The van der Waals surface area contributed by atoms with E-state index < -0.39 is 0 Å². The number of amides is 2. The molecule has 7 nitrogen and oxygen atoms in total. The third-order valence-electron chi connectivity index (χ3n) is 6.11. The molecule has 2 aliphatic rings. The van der Waals surface area contributed by atoms with Crippen LogP contribution in [0.2, 0.25) is 0 Å². The lowest BCUT2D eigenvalue weighted by Gasteiger charge is -2.40. The lowest BCUT2D eigenvalue weighted by molar-refractivity contribution is 0.0194. The van der Waals surface area contributed by atoms with Crippen molar-refractivity contribution in [3.8, 4) is 17.0 Å². The molecular formula is C23H32N4O3S. The van der Waals surface area contributed by atoms with E-state index in [-0.39, 0.29) is 6.03 Å². The van der Waals surface area contributed by atoms with Crippen molar-refractivity contribution in [3.05, 3.63) is 29.1 Å². The molecule has 2 saturated heterocycles. The molecule has 8 heteroatoms. The Morgan fingerprint density at radius 1 is 1.26 bits per heavy atom. The van der Waals surface area contributed by atoms with Gasteiger partial charge in [-0.3, -0.25) is 10.2 Å². The zero-order valence-electron chi connectivity index (χ0n) is 18.4. The number of nitrogens with one attached hydrogen (secondary N) is 1. The molecule has 168 valence electrons. The van der Waals surface area contributed by atoms with Crippen molar-refractivity contribution < 1.29 is 14.3 Å². The average Bonchev–Trinajstić information content (AvgIpc) is 3.28. The fourth-order valence-electron chi connectivity index (χ4n) is 4.37. The number of rotatable bonds is 6. The Morgan fingerprint density at radius 3 is 2.74 bits per heavy atom. The van der Waals surface area contributed by atoms with Crippen LogP contribution in [0.4, 0.5) is 9.93 Å². The fraction of sp³-hybridized carbons (Fsp3) is 0.565. The van der Waals surface area contributed by atoms with Gasteiger partial charge in [0.15, 0.2) is 5.13 Å². The number of ether oxygens (including phenoxy) is 2. The summed E-state index contributed by atoms with van der Waals surface area (Å²) in [6.07, 6.45) is 4.30. The lowest BCUT2D eigenvalue weighted by Crippen LogP contribution is -2.53. The maximum Gasteiger partial charge on any atom is 0.323 e. The van der Waals surface area contributed by atoms with Crippen LogP contribution < -0.4 is 10.1 Å². The quantitative estimate of drug-likeness (QED) is 0.727. The van der Waals surface area contributed by atoms with E-state index in [4.69, 9.17) is 9.47 Å². The predicted molar refractivity (Wildman–Crippen MR) is 124 cm³/mol. The monoisotopic (exact) mass is 444 g/mol. The van der Waals surface area contributed by atoms with Crippen molar-refractivity contribution >= 4 is 22.5 Å². The molecule has 3 heterocycles. The van der Waals surface area contributed by atoms with Gasteiger partial charge in [-0.2, -0.15) is 0 Å². The zero-order valence-corrected chi connectivity index (χ0v) is 19.2. The van der Waals surface area contributed by atoms with Crippen LogP contribution in [0.5, 0.6) is 5.75 Å². The number of methoxy groups -OCH3 is 1. The van der Waals surface area contributed by atoms with Gasteiger partial charge in [-0.15, -0.1) is 11.3 Å². The van der Waals surface area contributed by atoms with E-state index in [1.54, 1.807) is 7.11 Å². The predicted octanol–water partition coefficient (Wildman–Crippen LogP) is 4.10. The van der Waals surface area contributed by atoms with Gasteiger partial charge < -0.3 is 14.4 Å². The number of carbonyl (C=O) groups is 1. The number of aryl methyl sites for hydroxylation is 1. The Kier molecular flexibility index (Phi) is 7.42. The highest BCUT2D eigenvalue weighted by Gasteiger charge is 2.27. The standard InChI is InChI=1S/C23H32N4O3S/c1-3-4-17-5-6-21(29-2)19(15-17)20-16-31-22(24-20)25-23(28)27-11-9-26(10-12-27)18-7-13-30-14-8-18/h5-6,15-16,18H,3-4,7-14H2,1-2H3,(H,24,25,28). The zero-order chi connectivity index (χ0) is 21.6. The van der Waals surface area contributed by atoms with Gasteiger partial charge in [0.05, 0.1) is 12.8 Å². The molecule has 0 bridgehead atoms. The molecule has 0 aliphatic carbocycles. The summed E-state index contributed by atoms with van der Waals surface area (Å²) in [5.74, 6) is 0.798. The third kappa shape index (κ3) is 5.37. The molecule has 1 aromatic heterocycles. The van der Waals surface area contributed by atoms with Gasteiger partial charge in [0, 0.05) is 56.4 Å². The Hall–Kier alpha value is -2.16. The minimum Gasteiger partial charge on any atom is -0.496 e. The second kappa shape index (κ2) is 10.4. The Balaban J connectivity index is 1.36. The third-order valence-corrected chi connectivity index (χ3v) is 6.86. The number of hydrogen-bond donors (Lipinski definition) is 1. The normalized spacial score (nSPS) is 18.2. The number of aromatic nitrogens is 1. The van der Waals surface area contributed by atoms with Crippen molar-refractivity contribution in [2.75, 3.05) is 51.8 Å². The number of hydrogen-bond acceptors (Lipinski definition) is 6. The molecule has 0 atom stereocenters. The molecule has 1 N–H and O–H groups in total. The van der Waals surface area contributed by atoms with Gasteiger partial charge >= 0.3 is 6.03 Å². The van der Waals surface area contributed by atoms with E-state index in [0.29, 0.717) is 11.2 Å². The number of anilines is 1. The first-order valence-corrected chi connectivity index (χ1v) is 12.1. The van der Waals surface area contributed by atoms with E-state index in [2.05, 4.69) is 34.3 Å². The molecule has 2 aromatic rings. The summed E-state index contributed by atoms with van der Waals surface area (Å²) in [6.45, 7) is 7.20. The number of urea groups is 1. The molecule has 0 radical (unpaired) electrons. The second-order valence-electron chi connectivity index (χ2n) is 8.12. The summed E-state index contributed by atoms with van der Waals surface area (Å²) in [5.41, 5.74) is 3.06. The topological polar surface area (TPSA) is 66.9 Å². The largest absolute Gasteiger partial charge is 0.496 e. The Bertz CT molecular complexity index is 873. The minimum absolute atomic E-state index is 0.0702. The molecule has 0 saturated carbocycles. The van der Waals surface area contributed by atoms with Crippen molar-refractivity contribution in [2.24, 2.45) is 0 Å². The Morgan fingerprint density at radius 2 is 2.03 bits per heavy atom. The number of carbonyl (C=O) groups excluding carboxylic acids is 1. The van der Waals surface area contributed by atoms with Gasteiger partial charge in [0.2, 0.25) is 0 Å². The van der Waals surface area contributed by atoms with Gasteiger partial charge in [0.25, 0.3) is 0 Å². The van der Waals surface area contributed by atoms with Crippen LogP contribution in [0, 0.1) is 0 Å². The van der Waals surface area contributed by atoms with E-state index >= 15 is 0 Å². The van der Waals surface area contributed by atoms with Crippen LogP contribution in [0.25, 0.3) is 11.3 Å². The van der Waals surface area contributed by atoms with Crippen LogP contribution in [0.1, 0.15) is 31.7 Å². The summed E-state index contributed by atoms with van der Waals surface area (Å²) in [6, 6.07) is 6.76. The van der Waals surface area contributed by atoms with Crippen LogP contribution >= 0.6 is 11.3 Å². The van der Waals surface area contributed by atoms with E-state index in [1.807, 2.05) is 16.3 Å². The SMILES string of the molecule is CCCc1ccc(OC)c(-c2csc(NC(=O)N3CCN(C4CCOCC4)CC3)n2)c1. The highest BCUT2D eigenvalue weighted by Crippen LogP contribution is 2.33. The fourth-order valence-corrected chi connectivity index (χ4v) is 5.07. The van der Waals surface area contributed by atoms with Crippen LogP contribution in [0.15, 0.2) is 23.6 Å². The first-order valence-electron chi connectivity index (χ1n) is 11.2. The molecule has 1 aromatic carbocycles. The average molecular weight is 445 g/mol. The van der Waals surface area contributed by atoms with Crippen molar-refractivity contribution in [1.82, 2.24) is 14.8 Å². The van der Waals surface area contributed by atoms with Gasteiger partial charge in [-0.25, -0.2) is 9.78 Å². The molecule has 0 unspecified atom stereocenters. The smallest absolute Gasteiger partial charge is 0.323 e. The number of nitrogens with zero attached hydrogens (tertiary/aromatic N) is 3. The minimum atomic E-state index is -0.0702. The summed E-state index contributed by atoms with van der Waals surface area (Å²) in [7, 11) is 1.67. The summed E-state index contributed by atoms with van der Waals surface area (Å²) < 4.78 is 11.0. The van der Waals surface area contributed by atoms with Gasteiger partial charge in [-0.1, -0.05) is 19.4 Å². The van der Waals surface area contributed by atoms with Gasteiger partial charge in [-0.05, 0) is 37.0 Å². The first kappa shape index (κ1) is 22.0. The van der Waals surface area contributed by atoms with Crippen LogP contribution in [-0.2, 0) is 11.2 Å². The molecule has 0 spiro atoms. The van der Waals surface area contributed by atoms with E-state index in [0.717, 1.165) is 82.1 Å². The molecule has 2 fully saturated rings. The second-order valence-corrected chi connectivity index (χ2v) is 8.98. The van der Waals surface area contributed by atoms with E-state index in [9.17, 15) is 4.79 Å². The maximum absolute atomic E-state index is 12.8. The van der Waals surface area contributed by atoms with Crippen molar-refractivity contribution in [3.63, 3.8) is 0 Å². The van der Waals surface area contributed by atoms with Crippen molar-refractivity contribution in [1.29, 1.82) is 0 Å². The number of benzene rings is 1. The molecule has 4 rings (SSSR count). The maximum atomic E-state index is 12.8. The van der Waals surface area contributed by atoms with Crippen molar-refractivity contribution in [2.45, 2.75) is 38.6 Å². The van der Waals surface area contributed by atoms with E-state index in [1.165, 1.54) is 16.9 Å². The van der Waals surface area contributed by atoms with Gasteiger partial charge in [0.1, 0.15) is 5.75 Å². The van der Waals surface area contributed by atoms with Crippen LogP contribution in [0.3, 0.4) is 0 Å². The Labute approximate surface area is 188 Å². The summed E-state index contributed by atoms with van der Waals surface area (Å²) in [5, 5.41) is 5.59. The molecule has 31 heavy (non-hydrogen) atoms. The molecule has 2 amide bonds. The highest BCUT2D eigenvalue weighted by molar-refractivity contribution is 7.14. The molecule has 2 aliphatic heterocycles.